The average molecular weight is 457 g/mol. The first-order valence-electron chi connectivity index (χ1n) is 6.21. The van der Waals surface area contributed by atoms with E-state index in [9.17, 15) is 61.1 Å². The molecule has 158 valence electrons. The van der Waals surface area contributed by atoms with Crippen molar-refractivity contribution in [2.45, 2.75) is 49.4 Å². The first kappa shape index (κ1) is 25.4. The molecule has 0 aromatic rings. The second kappa shape index (κ2) is 7.43. The smallest absolute Gasteiger partial charge is 0.224 e. The van der Waals surface area contributed by atoms with Crippen LogP contribution in [0.1, 0.15) is 19.3 Å². The zero-order valence-electron chi connectivity index (χ0n) is 12.0. The Labute approximate surface area is 142 Å². The fraction of sp³-hybridized carbons (Fsp3) is 1.00. The molecule has 1 unspecified atom stereocenters. The summed E-state index contributed by atoms with van der Waals surface area (Å²) in [5, 5.41) is 0. The van der Waals surface area contributed by atoms with Crippen LogP contribution >= 0.6 is 10.7 Å². The Balaban J connectivity index is 5.72. The maximum Gasteiger partial charge on any atom is 0.431 e. The van der Waals surface area contributed by atoms with E-state index in [1.807, 2.05) is 0 Å². The molecule has 0 heterocycles. The Bertz CT molecular complexity index is 562. The Kier molecular flexibility index (Phi) is 7.26. The fourth-order valence-corrected chi connectivity index (χ4v) is 2.54. The highest BCUT2D eigenvalue weighted by Gasteiger charge is 2.74. The summed E-state index contributed by atoms with van der Waals surface area (Å²) in [5.74, 6) is -10.4. The predicted molar refractivity (Wildman–Crippen MR) is 63.9 cm³/mol. The van der Waals surface area contributed by atoms with E-state index < -0.39 is 70.1 Å². The van der Waals surface area contributed by atoms with E-state index in [0.29, 0.717) is 0 Å². The van der Waals surface area contributed by atoms with Gasteiger partial charge in [-0.05, 0) is 0 Å². The van der Waals surface area contributed by atoms with Crippen molar-refractivity contribution in [1.82, 2.24) is 0 Å². The summed E-state index contributed by atoms with van der Waals surface area (Å²) >= 11 is 0. The number of halogens is 13. The van der Waals surface area contributed by atoms with E-state index in [0.717, 1.165) is 0 Å². The van der Waals surface area contributed by atoms with Gasteiger partial charge in [-0.1, -0.05) is 0 Å². The monoisotopic (exact) mass is 456 g/mol. The molecule has 0 aliphatic rings. The van der Waals surface area contributed by atoms with E-state index in [2.05, 4.69) is 10.7 Å². The van der Waals surface area contributed by atoms with Crippen LogP contribution in [-0.2, 0) is 9.05 Å². The molecule has 0 N–H and O–H groups in total. The van der Waals surface area contributed by atoms with E-state index in [-0.39, 0.29) is 0 Å². The van der Waals surface area contributed by atoms with Gasteiger partial charge < -0.3 is 0 Å². The minimum absolute atomic E-state index is 1.61. The number of hydrogen-bond acceptors (Lipinski definition) is 2. The van der Waals surface area contributed by atoms with E-state index in [4.69, 9.17) is 0 Å². The van der Waals surface area contributed by atoms with Crippen LogP contribution in [0.15, 0.2) is 0 Å². The van der Waals surface area contributed by atoms with Crippen molar-refractivity contribution < 1.29 is 61.1 Å². The van der Waals surface area contributed by atoms with Gasteiger partial charge in [0.1, 0.15) is 0 Å². The maximum absolute atomic E-state index is 13.4. The SMILES string of the molecule is O=S(=O)(Cl)CCC(F)(F)CC(CC(F)(C(F)(F)F)C(F)(F)F)C(F)(F)F. The summed E-state index contributed by atoms with van der Waals surface area (Å²) in [7, 11) is -0.0823. The van der Waals surface area contributed by atoms with Crippen LogP contribution in [-0.4, -0.2) is 44.3 Å². The van der Waals surface area contributed by atoms with Gasteiger partial charge in [0.2, 0.25) is 15.0 Å². The average Bonchev–Trinajstić information content (AvgIpc) is 2.30. The minimum atomic E-state index is -6.86. The summed E-state index contributed by atoms with van der Waals surface area (Å²) in [6.45, 7) is 0. The number of rotatable bonds is 7. The lowest BCUT2D eigenvalue weighted by Gasteiger charge is -2.34. The molecule has 0 aromatic carbocycles. The maximum atomic E-state index is 13.4. The van der Waals surface area contributed by atoms with Gasteiger partial charge in [0.05, 0.1) is 11.7 Å². The Morgan fingerprint density at radius 2 is 1.12 bits per heavy atom. The lowest BCUT2D eigenvalue weighted by molar-refractivity contribution is -0.353. The van der Waals surface area contributed by atoms with Gasteiger partial charge in [-0.15, -0.1) is 0 Å². The zero-order chi connectivity index (χ0) is 21.4. The Hall–Kier alpha value is -0.600. The highest BCUT2D eigenvalue weighted by molar-refractivity contribution is 8.13. The van der Waals surface area contributed by atoms with Crippen molar-refractivity contribution in [1.29, 1.82) is 0 Å². The van der Waals surface area contributed by atoms with Gasteiger partial charge >= 0.3 is 18.5 Å². The van der Waals surface area contributed by atoms with Crippen molar-refractivity contribution in [3.63, 3.8) is 0 Å². The molecule has 0 aliphatic carbocycles. The van der Waals surface area contributed by atoms with Crippen LogP contribution < -0.4 is 0 Å². The third kappa shape index (κ3) is 7.19. The largest absolute Gasteiger partial charge is 0.431 e. The molecule has 26 heavy (non-hydrogen) atoms. The van der Waals surface area contributed by atoms with Crippen molar-refractivity contribution in [3.05, 3.63) is 0 Å². The standard InChI is InChI=1S/C10H9ClF12O2S/c11-26(24,25)2-1-6(12,13)3-5(8(15,16)17)4-7(14,9(18,19)20)10(21,22)23/h5H,1-4H2. The van der Waals surface area contributed by atoms with E-state index >= 15 is 0 Å². The molecule has 2 nitrogen and oxygen atoms in total. The van der Waals surface area contributed by atoms with Crippen LogP contribution in [0.5, 0.6) is 0 Å². The Morgan fingerprint density at radius 3 is 1.38 bits per heavy atom. The summed E-state index contributed by atoms with van der Waals surface area (Å²) in [6, 6.07) is 0. The normalized spacial score (nSPS) is 16.7. The van der Waals surface area contributed by atoms with Crippen molar-refractivity contribution in [3.8, 4) is 0 Å². The number of alkyl halides is 12. The molecule has 0 aromatic heterocycles. The van der Waals surface area contributed by atoms with Crippen molar-refractivity contribution in [2.24, 2.45) is 5.92 Å². The molecule has 0 spiro atoms. The van der Waals surface area contributed by atoms with Crippen molar-refractivity contribution in [2.75, 3.05) is 5.75 Å². The molecule has 0 bridgehead atoms. The molecule has 0 radical (unpaired) electrons. The van der Waals surface area contributed by atoms with Crippen LogP contribution in [0, 0.1) is 5.92 Å². The van der Waals surface area contributed by atoms with Crippen LogP contribution in [0.25, 0.3) is 0 Å². The van der Waals surface area contributed by atoms with Crippen molar-refractivity contribution >= 4 is 19.7 Å². The van der Waals surface area contributed by atoms with Crippen LogP contribution in [0.3, 0.4) is 0 Å². The van der Waals surface area contributed by atoms with Gasteiger partial charge in [-0.3, -0.25) is 0 Å². The molecular weight excluding hydrogens is 448 g/mol. The van der Waals surface area contributed by atoms with E-state index in [1.165, 1.54) is 0 Å². The second-order valence-electron chi connectivity index (χ2n) is 5.29. The fourth-order valence-electron chi connectivity index (χ4n) is 1.77. The molecule has 1 atom stereocenters. The molecule has 16 heteroatoms. The lowest BCUT2D eigenvalue weighted by atomic mass is 9.86. The van der Waals surface area contributed by atoms with Gasteiger partial charge in [-0.25, -0.2) is 21.6 Å². The summed E-state index contributed by atoms with van der Waals surface area (Å²) in [6.07, 6.45) is -27.8. The highest BCUT2D eigenvalue weighted by Crippen LogP contribution is 2.53. The van der Waals surface area contributed by atoms with Gasteiger partial charge in [-0.2, -0.15) is 39.5 Å². The molecule has 0 saturated carbocycles. The third-order valence-electron chi connectivity index (χ3n) is 3.15. The van der Waals surface area contributed by atoms with Gasteiger partial charge in [0.15, 0.2) is 0 Å². The van der Waals surface area contributed by atoms with Crippen LogP contribution in [0.4, 0.5) is 52.7 Å². The second-order valence-corrected chi connectivity index (χ2v) is 8.19. The molecule has 0 aliphatic heterocycles. The topological polar surface area (TPSA) is 34.1 Å². The van der Waals surface area contributed by atoms with Gasteiger partial charge in [0.25, 0.3) is 5.67 Å². The first-order chi connectivity index (χ1) is 11.0. The Morgan fingerprint density at radius 1 is 0.731 bits per heavy atom. The summed E-state index contributed by atoms with van der Waals surface area (Å²) in [4.78, 5) is 0. The molecule has 0 amide bonds. The minimum Gasteiger partial charge on any atom is -0.224 e. The molecular formula is C10H9ClF12O2S. The zero-order valence-corrected chi connectivity index (χ0v) is 13.6. The summed E-state index contributed by atoms with van der Waals surface area (Å²) in [5.41, 5.74) is -6.39. The van der Waals surface area contributed by atoms with Gasteiger partial charge in [0, 0.05) is 29.9 Å². The molecule has 0 fully saturated rings. The lowest BCUT2D eigenvalue weighted by Crippen LogP contribution is -2.55. The highest BCUT2D eigenvalue weighted by atomic mass is 35.7. The molecule has 0 rings (SSSR count). The van der Waals surface area contributed by atoms with E-state index in [1.54, 1.807) is 0 Å². The quantitative estimate of drug-likeness (QED) is 0.381. The van der Waals surface area contributed by atoms with Crippen LogP contribution in [0.2, 0.25) is 0 Å². The predicted octanol–water partition coefficient (Wildman–Crippen LogP) is 5.37. The first-order valence-corrected chi connectivity index (χ1v) is 8.69. The molecule has 0 saturated heterocycles. The third-order valence-corrected chi connectivity index (χ3v) is 4.30. The summed E-state index contributed by atoms with van der Waals surface area (Å²) < 4.78 is 173. The number of hydrogen-bond donors (Lipinski definition) is 0.